The van der Waals surface area contributed by atoms with E-state index in [-0.39, 0.29) is 23.5 Å². The fraction of sp³-hybridized carbons (Fsp3) is 0.320. The first kappa shape index (κ1) is 21.7. The predicted octanol–water partition coefficient (Wildman–Crippen LogP) is 4.80. The van der Waals surface area contributed by atoms with E-state index in [0.29, 0.717) is 48.6 Å². The second-order valence-electron chi connectivity index (χ2n) is 8.29. The SMILES string of the molecule is Cc1cc(F)ccc1NC(=O)CCC1CCCN(C(=O)c2ccccc2-c2ncc[nH]2)C1. The van der Waals surface area contributed by atoms with Gasteiger partial charge in [-0.05, 0) is 61.9 Å². The first-order valence-electron chi connectivity index (χ1n) is 11.0. The molecule has 2 heterocycles. The van der Waals surface area contributed by atoms with Gasteiger partial charge in [0, 0.05) is 43.2 Å². The third kappa shape index (κ3) is 5.04. The number of aromatic nitrogens is 2. The van der Waals surface area contributed by atoms with Crippen LogP contribution in [0.25, 0.3) is 11.4 Å². The number of anilines is 1. The minimum Gasteiger partial charge on any atom is -0.345 e. The lowest BCUT2D eigenvalue weighted by atomic mass is 9.92. The molecule has 1 fully saturated rings. The number of nitrogens with one attached hydrogen (secondary N) is 2. The number of H-pyrrole nitrogens is 1. The monoisotopic (exact) mass is 434 g/mol. The van der Waals surface area contributed by atoms with E-state index in [1.54, 1.807) is 25.4 Å². The van der Waals surface area contributed by atoms with Gasteiger partial charge in [-0.25, -0.2) is 9.37 Å². The Bertz CT molecular complexity index is 1100. The van der Waals surface area contributed by atoms with Crippen LogP contribution in [0.3, 0.4) is 0 Å². The highest BCUT2D eigenvalue weighted by Crippen LogP contribution is 2.26. The molecule has 2 amide bonds. The average molecular weight is 435 g/mol. The number of halogens is 1. The lowest BCUT2D eigenvalue weighted by Crippen LogP contribution is -2.40. The first-order chi connectivity index (χ1) is 15.5. The molecule has 1 unspecified atom stereocenters. The second-order valence-corrected chi connectivity index (χ2v) is 8.29. The largest absolute Gasteiger partial charge is 0.345 e. The molecule has 1 aromatic heterocycles. The van der Waals surface area contributed by atoms with Crippen LogP contribution in [0, 0.1) is 18.7 Å². The predicted molar refractivity (Wildman–Crippen MR) is 122 cm³/mol. The summed E-state index contributed by atoms with van der Waals surface area (Å²) < 4.78 is 13.3. The lowest BCUT2D eigenvalue weighted by molar-refractivity contribution is -0.116. The van der Waals surface area contributed by atoms with E-state index in [0.717, 1.165) is 18.4 Å². The van der Waals surface area contributed by atoms with E-state index >= 15 is 0 Å². The van der Waals surface area contributed by atoms with E-state index in [2.05, 4.69) is 15.3 Å². The fourth-order valence-electron chi connectivity index (χ4n) is 4.26. The summed E-state index contributed by atoms with van der Waals surface area (Å²) in [7, 11) is 0. The van der Waals surface area contributed by atoms with Crippen molar-refractivity contribution in [2.75, 3.05) is 18.4 Å². The molecule has 7 heteroatoms. The molecule has 0 saturated carbocycles. The quantitative estimate of drug-likeness (QED) is 0.585. The van der Waals surface area contributed by atoms with Gasteiger partial charge in [-0.3, -0.25) is 9.59 Å². The van der Waals surface area contributed by atoms with Gasteiger partial charge in [0.15, 0.2) is 0 Å². The molecule has 32 heavy (non-hydrogen) atoms. The number of likely N-dealkylation sites (tertiary alicyclic amines) is 1. The van der Waals surface area contributed by atoms with Gasteiger partial charge in [-0.15, -0.1) is 0 Å². The van der Waals surface area contributed by atoms with Gasteiger partial charge in [-0.1, -0.05) is 18.2 Å². The van der Waals surface area contributed by atoms with Gasteiger partial charge in [0.1, 0.15) is 11.6 Å². The lowest BCUT2D eigenvalue weighted by Gasteiger charge is -2.33. The summed E-state index contributed by atoms with van der Waals surface area (Å²) in [5.41, 5.74) is 2.75. The zero-order valence-electron chi connectivity index (χ0n) is 18.1. The number of imidazole rings is 1. The number of hydrogen-bond acceptors (Lipinski definition) is 3. The normalized spacial score (nSPS) is 16.1. The van der Waals surface area contributed by atoms with Gasteiger partial charge in [0.05, 0.1) is 5.56 Å². The number of amides is 2. The van der Waals surface area contributed by atoms with Crippen LogP contribution in [0.4, 0.5) is 10.1 Å². The smallest absolute Gasteiger partial charge is 0.254 e. The van der Waals surface area contributed by atoms with Crippen LogP contribution in [-0.2, 0) is 4.79 Å². The number of hydrogen-bond donors (Lipinski definition) is 2. The van der Waals surface area contributed by atoms with E-state index in [9.17, 15) is 14.0 Å². The van der Waals surface area contributed by atoms with Gasteiger partial charge in [0.2, 0.25) is 5.91 Å². The van der Waals surface area contributed by atoms with Crippen molar-refractivity contribution in [3.05, 3.63) is 71.8 Å². The van der Waals surface area contributed by atoms with Crippen molar-refractivity contribution in [3.8, 4) is 11.4 Å². The van der Waals surface area contributed by atoms with E-state index in [1.165, 1.54) is 12.1 Å². The Balaban J connectivity index is 1.36. The molecule has 1 atom stereocenters. The molecule has 2 N–H and O–H groups in total. The van der Waals surface area contributed by atoms with Gasteiger partial charge in [0.25, 0.3) is 5.91 Å². The highest BCUT2D eigenvalue weighted by atomic mass is 19.1. The Labute approximate surface area is 186 Å². The van der Waals surface area contributed by atoms with Crippen molar-refractivity contribution >= 4 is 17.5 Å². The number of carbonyl (C=O) groups is 2. The number of rotatable bonds is 6. The molecule has 166 valence electrons. The Morgan fingerprint density at radius 3 is 2.88 bits per heavy atom. The van der Waals surface area contributed by atoms with Gasteiger partial charge >= 0.3 is 0 Å². The summed E-state index contributed by atoms with van der Waals surface area (Å²) in [6.07, 6.45) is 6.39. The Kier molecular flexibility index (Phi) is 6.63. The molecular weight excluding hydrogens is 407 g/mol. The summed E-state index contributed by atoms with van der Waals surface area (Å²) in [5, 5.41) is 2.86. The number of aromatic amines is 1. The number of nitrogens with zero attached hydrogens (tertiary/aromatic N) is 2. The fourth-order valence-corrected chi connectivity index (χ4v) is 4.26. The van der Waals surface area contributed by atoms with Crippen LogP contribution in [0.2, 0.25) is 0 Å². The summed E-state index contributed by atoms with van der Waals surface area (Å²) in [5.74, 6) is 0.527. The standard InChI is InChI=1S/C25H27FN4O2/c1-17-15-19(26)9-10-22(17)29-23(31)11-8-18-5-4-14-30(16-18)25(32)21-7-3-2-6-20(21)24-27-12-13-28-24/h2-3,6-7,9-10,12-13,15,18H,4-5,8,11,14,16H2,1H3,(H,27,28)(H,29,31). The molecule has 1 aliphatic heterocycles. The second kappa shape index (κ2) is 9.77. The van der Waals surface area contributed by atoms with Crippen molar-refractivity contribution in [2.45, 2.75) is 32.6 Å². The number of benzene rings is 2. The maximum absolute atomic E-state index is 13.3. The van der Waals surface area contributed by atoms with Crippen molar-refractivity contribution in [2.24, 2.45) is 5.92 Å². The minimum atomic E-state index is -0.318. The summed E-state index contributed by atoms with van der Waals surface area (Å²) in [6.45, 7) is 3.11. The van der Waals surface area contributed by atoms with Crippen LogP contribution in [0.5, 0.6) is 0 Å². The molecule has 3 aromatic rings. The molecular formula is C25H27FN4O2. The van der Waals surface area contributed by atoms with Crippen molar-refractivity contribution in [1.82, 2.24) is 14.9 Å². The minimum absolute atomic E-state index is 0.00640. The number of piperidine rings is 1. The molecule has 6 nitrogen and oxygen atoms in total. The van der Waals surface area contributed by atoms with Crippen molar-refractivity contribution < 1.29 is 14.0 Å². The van der Waals surface area contributed by atoms with E-state index in [4.69, 9.17) is 0 Å². The molecule has 0 radical (unpaired) electrons. The number of aryl methyl sites for hydroxylation is 1. The Hall–Kier alpha value is -3.48. The summed E-state index contributed by atoms with van der Waals surface area (Å²) in [4.78, 5) is 34.9. The third-order valence-electron chi connectivity index (χ3n) is 5.96. The van der Waals surface area contributed by atoms with E-state index < -0.39 is 0 Å². The topological polar surface area (TPSA) is 78.1 Å². The van der Waals surface area contributed by atoms with Crippen LogP contribution >= 0.6 is 0 Å². The Morgan fingerprint density at radius 1 is 1.25 bits per heavy atom. The van der Waals surface area contributed by atoms with Crippen LogP contribution in [0.15, 0.2) is 54.9 Å². The van der Waals surface area contributed by atoms with Crippen LogP contribution in [0.1, 0.15) is 41.6 Å². The highest BCUT2D eigenvalue weighted by Gasteiger charge is 2.26. The van der Waals surface area contributed by atoms with E-state index in [1.807, 2.05) is 29.2 Å². The van der Waals surface area contributed by atoms with Gasteiger partial charge in [-0.2, -0.15) is 0 Å². The zero-order chi connectivity index (χ0) is 22.5. The Morgan fingerprint density at radius 2 is 2.09 bits per heavy atom. The molecule has 0 bridgehead atoms. The third-order valence-corrected chi connectivity index (χ3v) is 5.96. The van der Waals surface area contributed by atoms with Crippen LogP contribution < -0.4 is 5.32 Å². The van der Waals surface area contributed by atoms with Crippen molar-refractivity contribution in [1.29, 1.82) is 0 Å². The average Bonchev–Trinajstić information content (AvgIpc) is 3.34. The molecule has 4 rings (SSSR count). The number of carbonyl (C=O) groups excluding carboxylic acids is 2. The first-order valence-corrected chi connectivity index (χ1v) is 11.0. The summed E-state index contributed by atoms with van der Waals surface area (Å²) in [6, 6.07) is 11.8. The molecule has 1 saturated heterocycles. The molecule has 0 aliphatic carbocycles. The molecule has 1 aliphatic rings. The van der Waals surface area contributed by atoms with Crippen molar-refractivity contribution in [3.63, 3.8) is 0 Å². The molecule has 0 spiro atoms. The van der Waals surface area contributed by atoms with Gasteiger partial charge < -0.3 is 15.2 Å². The molecule has 2 aromatic carbocycles. The van der Waals surface area contributed by atoms with Crippen LogP contribution in [-0.4, -0.2) is 39.8 Å². The zero-order valence-corrected chi connectivity index (χ0v) is 18.1. The summed E-state index contributed by atoms with van der Waals surface area (Å²) >= 11 is 0. The highest BCUT2D eigenvalue weighted by molar-refractivity contribution is 6.00. The maximum atomic E-state index is 13.3. The maximum Gasteiger partial charge on any atom is 0.254 e.